The Balaban J connectivity index is 2.01. The molecular formula is C20H37NO5. The van der Waals surface area contributed by atoms with Crippen LogP contribution in [0.1, 0.15) is 97.3 Å². The minimum Gasteiger partial charge on any atom is -0.458 e. The van der Waals surface area contributed by atoms with E-state index in [9.17, 15) is 15.1 Å². The van der Waals surface area contributed by atoms with Crippen LogP contribution in [0.4, 0.5) is 0 Å². The lowest BCUT2D eigenvalue weighted by Gasteiger charge is -2.14. The molecule has 0 radical (unpaired) electrons. The smallest absolute Gasteiger partial charge is 0.408 e. The van der Waals surface area contributed by atoms with E-state index in [4.69, 9.17) is 9.57 Å². The molecule has 1 rings (SSSR count). The van der Waals surface area contributed by atoms with Crippen LogP contribution in [0.3, 0.4) is 0 Å². The number of rotatable bonds is 15. The maximum atomic E-state index is 11.6. The van der Waals surface area contributed by atoms with Gasteiger partial charge in [0.05, 0.1) is 11.5 Å². The minimum atomic E-state index is -1.20. The first kappa shape index (κ1) is 22.7. The van der Waals surface area contributed by atoms with Gasteiger partial charge in [-0.15, -0.1) is 0 Å². The van der Waals surface area contributed by atoms with E-state index in [2.05, 4.69) is 6.92 Å². The lowest BCUT2D eigenvalue weighted by Crippen LogP contribution is -2.35. The molecule has 0 saturated heterocycles. The Hall–Kier alpha value is -1.30. The first-order chi connectivity index (χ1) is 12.6. The fourth-order valence-corrected chi connectivity index (χ4v) is 3.32. The number of carbonyl (C=O) groups is 1. The van der Waals surface area contributed by atoms with Gasteiger partial charge in [-0.2, -0.15) is 0 Å². The van der Waals surface area contributed by atoms with Crippen LogP contribution in [0.5, 0.6) is 0 Å². The highest BCUT2D eigenvalue weighted by Crippen LogP contribution is 2.19. The minimum absolute atomic E-state index is 0.119. The fourth-order valence-electron chi connectivity index (χ4n) is 3.32. The predicted octanol–water partition coefficient (Wildman–Crippen LogP) is 4.27. The molecule has 152 valence electrons. The van der Waals surface area contributed by atoms with E-state index in [1.54, 1.807) is 6.92 Å². The highest BCUT2D eigenvalue weighted by Gasteiger charge is 2.44. The Labute approximate surface area is 158 Å². The third-order valence-corrected chi connectivity index (χ3v) is 4.89. The number of nitrogens with zero attached hydrogens (tertiary/aromatic N) is 1. The maximum Gasteiger partial charge on any atom is 0.408 e. The molecule has 0 aromatic carbocycles. The van der Waals surface area contributed by atoms with Gasteiger partial charge in [-0.1, -0.05) is 84.0 Å². The summed E-state index contributed by atoms with van der Waals surface area (Å²) in [6, 6.07) is 0. The Morgan fingerprint density at radius 2 is 1.50 bits per heavy atom. The Kier molecular flexibility index (Phi) is 12.1. The molecule has 1 heterocycles. The summed E-state index contributed by atoms with van der Waals surface area (Å²) in [5.41, 5.74) is -0.337. The molecule has 0 spiro atoms. The molecule has 0 amide bonds. The van der Waals surface area contributed by atoms with Gasteiger partial charge < -0.3 is 14.7 Å². The summed E-state index contributed by atoms with van der Waals surface area (Å²) in [5, 5.41) is 21.7. The van der Waals surface area contributed by atoms with E-state index in [1.165, 1.54) is 57.8 Å². The molecule has 6 nitrogen and oxygen atoms in total. The van der Waals surface area contributed by atoms with Crippen molar-refractivity contribution in [2.45, 2.75) is 110 Å². The van der Waals surface area contributed by atoms with Crippen molar-refractivity contribution in [2.75, 3.05) is 6.61 Å². The first-order valence-corrected chi connectivity index (χ1v) is 10.5. The zero-order valence-electron chi connectivity index (χ0n) is 16.6. The monoisotopic (exact) mass is 371 g/mol. The molecule has 0 saturated carbocycles. The molecule has 1 aliphatic heterocycles. The largest absolute Gasteiger partial charge is 0.458 e. The summed E-state index contributed by atoms with van der Waals surface area (Å²) in [4.78, 5) is 16.8. The van der Waals surface area contributed by atoms with Crippen molar-refractivity contribution in [3.63, 3.8) is 0 Å². The summed E-state index contributed by atoms with van der Waals surface area (Å²) in [7, 11) is 0. The summed E-state index contributed by atoms with van der Waals surface area (Å²) in [5.74, 6) is -0.799. The van der Waals surface area contributed by atoms with E-state index < -0.39 is 18.2 Å². The molecule has 0 unspecified atom stereocenters. The highest BCUT2D eigenvalue weighted by molar-refractivity contribution is 6.36. The number of hydrogen-bond donors (Lipinski definition) is 1. The molecule has 6 heteroatoms. The van der Waals surface area contributed by atoms with Crippen molar-refractivity contribution in [3.8, 4) is 0 Å². The van der Waals surface area contributed by atoms with Crippen LogP contribution in [0.15, 0.2) is 0 Å². The topological polar surface area (TPSA) is 81.8 Å². The number of carbonyl (C=O) groups excluding carboxylic acids is 1. The molecule has 0 fully saturated rings. The Morgan fingerprint density at radius 1 is 1.00 bits per heavy atom. The molecule has 0 aromatic heterocycles. The third-order valence-electron chi connectivity index (χ3n) is 4.89. The normalized spacial score (nSPS) is 19.7. The molecule has 0 aromatic rings. The van der Waals surface area contributed by atoms with Gasteiger partial charge in [0.1, 0.15) is 6.10 Å². The third kappa shape index (κ3) is 8.39. The summed E-state index contributed by atoms with van der Waals surface area (Å²) < 4.78 is 4.77. The number of esters is 1. The van der Waals surface area contributed by atoms with Crippen molar-refractivity contribution in [1.29, 1.82) is 0 Å². The van der Waals surface area contributed by atoms with Gasteiger partial charge in [0.2, 0.25) is 0 Å². The van der Waals surface area contributed by atoms with Crippen molar-refractivity contribution < 1.29 is 24.4 Å². The maximum absolute atomic E-state index is 11.6. The first-order valence-electron chi connectivity index (χ1n) is 10.5. The molecule has 1 aliphatic rings. The van der Waals surface area contributed by atoms with Gasteiger partial charge in [-0.05, 0) is 13.3 Å². The van der Waals surface area contributed by atoms with Crippen LogP contribution in [-0.2, 0) is 14.4 Å². The second-order valence-corrected chi connectivity index (χ2v) is 7.13. The SMILES string of the molecule is CCCCCCCCCCCCCC[C@H]1O[N+]([O-])=C(C(=O)OCC)[C@H]1O. The van der Waals surface area contributed by atoms with Gasteiger partial charge in [0.15, 0.2) is 6.10 Å². The molecule has 1 N–H and O–H groups in total. The molecule has 2 atom stereocenters. The second-order valence-electron chi connectivity index (χ2n) is 7.13. The van der Waals surface area contributed by atoms with E-state index in [0.29, 0.717) is 6.42 Å². The molecule has 0 bridgehead atoms. The van der Waals surface area contributed by atoms with Gasteiger partial charge >= 0.3 is 11.7 Å². The predicted molar refractivity (Wildman–Crippen MR) is 102 cm³/mol. The Bertz CT molecular complexity index is 424. The molecule has 0 aliphatic carbocycles. The highest BCUT2D eigenvalue weighted by atomic mass is 16.9. The lowest BCUT2D eigenvalue weighted by atomic mass is 10.0. The summed E-state index contributed by atoms with van der Waals surface area (Å²) in [6.07, 6.45) is 13.8. The van der Waals surface area contributed by atoms with Crippen molar-refractivity contribution in [3.05, 3.63) is 5.21 Å². The van der Waals surface area contributed by atoms with Crippen LogP contribution in [0, 0.1) is 5.21 Å². The zero-order chi connectivity index (χ0) is 19.2. The van der Waals surface area contributed by atoms with Gasteiger partial charge in [0, 0.05) is 0 Å². The van der Waals surface area contributed by atoms with E-state index in [-0.39, 0.29) is 17.2 Å². The van der Waals surface area contributed by atoms with Crippen LogP contribution in [0.2, 0.25) is 0 Å². The summed E-state index contributed by atoms with van der Waals surface area (Å²) in [6.45, 7) is 4.06. The molecule has 26 heavy (non-hydrogen) atoms. The van der Waals surface area contributed by atoms with Gasteiger partial charge in [-0.25, -0.2) is 4.79 Å². The summed E-state index contributed by atoms with van der Waals surface area (Å²) >= 11 is 0. The Morgan fingerprint density at radius 3 is 2.00 bits per heavy atom. The van der Waals surface area contributed by atoms with Crippen LogP contribution < -0.4 is 0 Å². The van der Waals surface area contributed by atoms with Crippen molar-refractivity contribution in [2.24, 2.45) is 0 Å². The fraction of sp³-hybridized carbons (Fsp3) is 0.900. The molecular weight excluding hydrogens is 334 g/mol. The number of unbranched alkanes of at least 4 members (excludes halogenated alkanes) is 11. The van der Waals surface area contributed by atoms with Crippen LogP contribution in [-0.4, -0.2) is 40.5 Å². The standard InChI is InChI=1S/C20H37NO5/c1-3-5-6-7-8-9-10-11-12-13-14-15-16-17-19(22)18(21(24)26-17)20(23)25-4-2/h17,19,22H,3-16H2,1-2H3/t17-,19+/m1/s1. The van der Waals surface area contributed by atoms with Crippen LogP contribution in [0.25, 0.3) is 0 Å². The number of aliphatic hydroxyl groups is 1. The number of hydrogen-bond acceptors (Lipinski definition) is 5. The average Bonchev–Trinajstić information content (AvgIpc) is 2.90. The quantitative estimate of drug-likeness (QED) is 0.264. The van der Waals surface area contributed by atoms with E-state index in [1.807, 2.05) is 0 Å². The van der Waals surface area contributed by atoms with Crippen molar-refractivity contribution in [1.82, 2.24) is 0 Å². The number of aliphatic hydroxyl groups excluding tert-OH is 1. The van der Waals surface area contributed by atoms with Crippen molar-refractivity contribution >= 4 is 11.7 Å². The van der Waals surface area contributed by atoms with Gasteiger partial charge in [0.25, 0.3) is 0 Å². The van der Waals surface area contributed by atoms with E-state index in [0.717, 1.165) is 19.3 Å². The number of ether oxygens (including phenoxy) is 1. The zero-order valence-corrected chi connectivity index (χ0v) is 16.6. The van der Waals surface area contributed by atoms with Crippen LogP contribution >= 0.6 is 0 Å². The lowest BCUT2D eigenvalue weighted by molar-refractivity contribution is -0.740. The van der Waals surface area contributed by atoms with E-state index >= 15 is 0 Å². The van der Waals surface area contributed by atoms with Gasteiger partial charge in [-0.3, -0.25) is 5.21 Å². The average molecular weight is 372 g/mol. The second kappa shape index (κ2) is 13.8.